The highest BCUT2D eigenvalue weighted by atomic mass is 32.1. The van der Waals surface area contributed by atoms with Crippen LogP contribution in [-0.4, -0.2) is 12.6 Å². The van der Waals surface area contributed by atoms with Gasteiger partial charge in [0.1, 0.15) is 4.88 Å². The molecule has 0 amide bonds. The fourth-order valence-corrected chi connectivity index (χ4v) is 2.11. The number of hydrogen-bond acceptors (Lipinski definition) is 3. The molecule has 0 N–H and O–H groups in total. The van der Waals surface area contributed by atoms with Crippen LogP contribution >= 0.6 is 11.3 Å². The number of hydrogen-bond donors (Lipinski definition) is 0. The van der Waals surface area contributed by atoms with Gasteiger partial charge in [-0.3, -0.25) is 0 Å². The lowest BCUT2D eigenvalue weighted by atomic mass is 10.2. The lowest BCUT2D eigenvalue weighted by Crippen LogP contribution is -2.01. The van der Waals surface area contributed by atoms with Gasteiger partial charge in [0.2, 0.25) is 0 Å². The van der Waals surface area contributed by atoms with E-state index in [9.17, 15) is 4.79 Å². The van der Waals surface area contributed by atoms with E-state index in [1.54, 1.807) is 13.0 Å². The van der Waals surface area contributed by atoms with Crippen molar-refractivity contribution in [3.8, 4) is 11.8 Å². The van der Waals surface area contributed by atoms with E-state index in [0.717, 1.165) is 11.1 Å². The summed E-state index contributed by atoms with van der Waals surface area (Å²) in [7, 11) is 0. The van der Waals surface area contributed by atoms with Gasteiger partial charge in [0.25, 0.3) is 0 Å². The zero-order chi connectivity index (χ0) is 12.8. The molecule has 0 spiro atoms. The molecule has 0 fully saturated rings. The molecule has 2 nitrogen and oxygen atoms in total. The molecular weight excluding hydrogens is 244 g/mol. The van der Waals surface area contributed by atoms with Crippen LogP contribution in [0.25, 0.3) is 0 Å². The molecular formula is C15H12O2S. The quantitative estimate of drug-likeness (QED) is 0.608. The van der Waals surface area contributed by atoms with Crippen molar-refractivity contribution in [3.63, 3.8) is 0 Å². The molecule has 18 heavy (non-hydrogen) atoms. The number of ether oxygens (including phenoxy) is 1. The number of carbonyl (C=O) groups excluding carboxylic acids is 1. The van der Waals surface area contributed by atoms with E-state index in [1.165, 1.54) is 11.3 Å². The van der Waals surface area contributed by atoms with Crippen molar-refractivity contribution in [2.45, 2.75) is 6.92 Å². The average molecular weight is 256 g/mol. The first-order valence-electron chi connectivity index (χ1n) is 5.62. The Kier molecular flexibility index (Phi) is 4.16. The molecule has 0 atom stereocenters. The number of carbonyl (C=O) groups is 1. The second-order valence-corrected chi connectivity index (χ2v) is 4.45. The molecule has 2 aromatic rings. The fourth-order valence-electron chi connectivity index (χ4n) is 1.38. The van der Waals surface area contributed by atoms with Gasteiger partial charge in [-0.15, -0.1) is 11.3 Å². The van der Waals surface area contributed by atoms with Crippen LogP contribution < -0.4 is 0 Å². The molecule has 1 aromatic heterocycles. The SMILES string of the molecule is CCOC(=O)c1cc(C#Cc2ccccc2)cs1. The zero-order valence-electron chi connectivity index (χ0n) is 9.97. The largest absolute Gasteiger partial charge is 0.462 e. The summed E-state index contributed by atoms with van der Waals surface area (Å²) in [6, 6.07) is 11.5. The molecule has 0 radical (unpaired) electrons. The molecule has 1 heterocycles. The molecule has 90 valence electrons. The summed E-state index contributed by atoms with van der Waals surface area (Å²) < 4.78 is 4.93. The van der Waals surface area contributed by atoms with Gasteiger partial charge in [-0.1, -0.05) is 30.0 Å². The van der Waals surface area contributed by atoms with Crippen molar-refractivity contribution in [1.82, 2.24) is 0 Å². The van der Waals surface area contributed by atoms with Gasteiger partial charge in [-0.05, 0) is 25.1 Å². The maximum Gasteiger partial charge on any atom is 0.348 e. The Morgan fingerprint density at radius 2 is 1.94 bits per heavy atom. The van der Waals surface area contributed by atoms with Gasteiger partial charge in [0.05, 0.1) is 6.61 Å². The van der Waals surface area contributed by atoms with Crippen LogP contribution in [0.4, 0.5) is 0 Å². The first-order chi connectivity index (χ1) is 8.79. The molecule has 0 aliphatic rings. The molecule has 0 saturated carbocycles. The minimum atomic E-state index is -0.282. The Bertz CT molecular complexity index is 588. The standard InChI is InChI=1S/C15H12O2S/c1-2-17-15(16)14-10-13(11-18-14)9-8-12-6-4-3-5-7-12/h3-7,10-11H,2H2,1H3. The Morgan fingerprint density at radius 3 is 2.67 bits per heavy atom. The molecule has 0 aliphatic heterocycles. The Labute approximate surface area is 110 Å². The number of benzene rings is 1. The predicted molar refractivity (Wildman–Crippen MR) is 72.7 cm³/mol. The van der Waals surface area contributed by atoms with Crippen molar-refractivity contribution in [3.05, 3.63) is 57.8 Å². The van der Waals surface area contributed by atoms with Crippen molar-refractivity contribution >= 4 is 17.3 Å². The Balaban J connectivity index is 2.12. The van der Waals surface area contributed by atoms with Gasteiger partial charge < -0.3 is 4.74 Å². The first-order valence-corrected chi connectivity index (χ1v) is 6.50. The highest BCUT2D eigenvalue weighted by molar-refractivity contribution is 7.12. The van der Waals surface area contributed by atoms with E-state index in [4.69, 9.17) is 4.74 Å². The van der Waals surface area contributed by atoms with Crippen LogP contribution in [0.15, 0.2) is 41.8 Å². The summed E-state index contributed by atoms with van der Waals surface area (Å²) in [4.78, 5) is 12.1. The molecule has 0 bridgehead atoms. The zero-order valence-corrected chi connectivity index (χ0v) is 10.8. The summed E-state index contributed by atoms with van der Waals surface area (Å²) in [5.74, 6) is 5.80. The van der Waals surface area contributed by atoms with Crippen LogP contribution in [0.5, 0.6) is 0 Å². The summed E-state index contributed by atoms with van der Waals surface area (Å²) >= 11 is 1.36. The number of thiophene rings is 1. The van der Waals surface area contributed by atoms with E-state index >= 15 is 0 Å². The molecule has 1 aromatic carbocycles. The Hall–Kier alpha value is -2.05. The molecule has 0 aliphatic carbocycles. The minimum absolute atomic E-state index is 0.282. The lowest BCUT2D eigenvalue weighted by Gasteiger charge is -1.95. The average Bonchev–Trinajstić information content (AvgIpc) is 2.87. The second-order valence-electron chi connectivity index (χ2n) is 3.54. The van der Waals surface area contributed by atoms with Crippen molar-refractivity contribution in [1.29, 1.82) is 0 Å². The second kappa shape index (κ2) is 6.04. The highest BCUT2D eigenvalue weighted by Gasteiger charge is 2.08. The van der Waals surface area contributed by atoms with E-state index in [2.05, 4.69) is 11.8 Å². The predicted octanol–water partition coefficient (Wildman–Crippen LogP) is 3.32. The lowest BCUT2D eigenvalue weighted by molar-refractivity contribution is 0.0532. The van der Waals surface area contributed by atoms with Gasteiger partial charge in [-0.2, -0.15) is 0 Å². The van der Waals surface area contributed by atoms with E-state index in [-0.39, 0.29) is 5.97 Å². The number of esters is 1. The third kappa shape index (κ3) is 3.22. The van der Waals surface area contributed by atoms with Crippen molar-refractivity contribution in [2.24, 2.45) is 0 Å². The minimum Gasteiger partial charge on any atom is -0.462 e. The molecule has 0 unspecified atom stereocenters. The van der Waals surface area contributed by atoms with E-state index < -0.39 is 0 Å². The fraction of sp³-hybridized carbons (Fsp3) is 0.133. The Morgan fingerprint density at radius 1 is 1.22 bits per heavy atom. The van der Waals surface area contributed by atoms with Gasteiger partial charge in [0.15, 0.2) is 0 Å². The maximum absolute atomic E-state index is 11.5. The van der Waals surface area contributed by atoms with E-state index in [0.29, 0.717) is 11.5 Å². The van der Waals surface area contributed by atoms with Gasteiger partial charge in [0, 0.05) is 16.5 Å². The molecule has 0 saturated heterocycles. The number of rotatable bonds is 2. The first kappa shape index (κ1) is 12.4. The molecule has 3 heteroatoms. The van der Waals surface area contributed by atoms with Crippen LogP contribution in [0.3, 0.4) is 0 Å². The normalized spacial score (nSPS) is 9.39. The smallest absolute Gasteiger partial charge is 0.348 e. The van der Waals surface area contributed by atoms with Gasteiger partial charge >= 0.3 is 5.97 Å². The summed E-state index contributed by atoms with van der Waals surface area (Å²) in [5, 5.41) is 1.86. The van der Waals surface area contributed by atoms with Crippen LogP contribution in [0, 0.1) is 11.8 Å². The maximum atomic E-state index is 11.5. The summed E-state index contributed by atoms with van der Waals surface area (Å²) in [5.41, 5.74) is 1.80. The van der Waals surface area contributed by atoms with Gasteiger partial charge in [-0.25, -0.2) is 4.79 Å². The monoisotopic (exact) mass is 256 g/mol. The topological polar surface area (TPSA) is 26.3 Å². The third-order valence-electron chi connectivity index (χ3n) is 2.20. The van der Waals surface area contributed by atoms with Crippen LogP contribution in [0.1, 0.15) is 27.7 Å². The molecule has 2 rings (SSSR count). The van der Waals surface area contributed by atoms with Crippen molar-refractivity contribution < 1.29 is 9.53 Å². The van der Waals surface area contributed by atoms with Crippen LogP contribution in [0.2, 0.25) is 0 Å². The van der Waals surface area contributed by atoms with Crippen LogP contribution in [-0.2, 0) is 4.74 Å². The highest BCUT2D eigenvalue weighted by Crippen LogP contribution is 2.15. The third-order valence-corrected chi connectivity index (χ3v) is 3.11. The summed E-state index contributed by atoms with van der Waals surface area (Å²) in [6.45, 7) is 2.18. The van der Waals surface area contributed by atoms with E-state index in [1.807, 2.05) is 35.7 Å². The van der Waals surface area contributed by atoms with Crippen molar-refractivity contribution in [2.75, 3.05) is 6.61 Å². The summed E-state index contributed by atoms with van der Waals surface area (Å²) in [6.07, 6.45) is 0.